The third-order valence-corrected chi connectivity index (χ3v) is 3.57. The van der Waals surface area contributed by atoms with Crippen LogP contribution in [0.25, 0.3) is 0 Å². The minimum atomic E-state index is -1.06. The molecule has 0 aromatic heterocycles. The highest BCUT2D eigenvalue weighted by atomic mass is 16.4. The van der Waals surface area contributed by atoms with Crippen LogP contribution in [-0.4, -0.2) is 46.9 Å². The highest BCUT2D eigenvalue weighted by Crippen LogP contribution is 2.23. The van der Waals surface area contributed by atoms with Crippen LogP contribution < -0.4 is 5.32 Å². The second-order valence-corrected chi connectivity index (χ2v) is 7.24. The van der Waals surface area contributed by atoms with E-state index in [-0.39, 0.29) is 18.2 Å². The first-order valence-corrected chi connectivity index (χ1v) is 7.33. The first-order chi connectivity index (χ1) is 9.52. The standard InChI is InChI=1S/C15H26N2O4/c1-9(2)7-17-8-10(6-11(17)18)13(19)16-12(14(20)21)15(3,4)5/h9-10,12H,6-8H2,1-5H3,(H,16,19)(H,20,21)/t10?,12-/m0/s1. The zero-order valence-corrected chi connectivity index (χ0v) is 13.5. The lowest BCUT2D eigenvalue weighted by Gasteiger charge is -2.28. The number of rotatable bonds is 5. The van der Waals surface area contributed by atoms with Gasteiger partial charge >= 0.3 is 5.97 Å². The molecule has 0 bridgehead atoms. The lowest BCUT2D eigenvalue weighted by molar-refractivity contribution is -0.145. The molecule has 0 saturated carbocycles. The number of nitrogens with one attached hydrogen (secondary N) is 1. The Morgan fingerprint density at radius 1 is 1.38 bits per heavy atom. The highest BCUT2D eigenvalue weighted by Gasteiger charge is 2.38. The Morgan fingerprint density at radius 2 is 1.95 bits per heavy atom. The summed E-state index contributed by atoms with van der Waals surface area (Å²) in [5, 5.41) is 11.8. The molecular formula is C15H26N2O4. The minimum Gasteiger partial charge on any atom is -0.480 e. The Morgan fingerprint density at radius 3 is 2.38 bits per heavy atom. The fourth-order valence-corrected chi connectivity index (χ4v) is 2.47. The lowest BCUT2D eigenvalue weighted by atomic mass is 9.86. The Bertz CT molecular complexity index is 426. The zero-order chi connectivity index (χ0) is 16.4. The number of carboxylic acid groups (broad SMARTS) is 1. The Labute approximate surface area is 125 Å². The normalized spacial score (nSPS) is 20.8. The number of aliphatic carboxylic acids is 1. The quantitative estimate of drug-likeness (QED) is 0.796. The van der Waals surface area contributed by atoms with Gasteiger partial charge in [0, 0.05) is 19.5 Å². The number of hydrogen-bond acceptors (Lipinski definition) is 3. The van der Waals surface area contributed by atoms with Gasteiger partial charge in [-0.25, -0.2) is 4.79 Å². The number of hydrogen-bond donors (Lipinski definition) is 2. The summed E-state index contributed by atoms with van der Waals surface area (Å²) >= 11 is 0. The van der Waals surface area contributed by atoms with Gasteiger partial charge in [0.25, 0.3) is 0 Å². The molecule has 1 rings (SSSR count). The Hall–Kier alpha value is -1.59. The number of carbonyl (C=O) groups excluding carboxylic acids is 2. The summed E-state index contributed by atoms with van der Waals surface area (Å²) in [6, 6.07) is -0.959. The van der Waals surface area contributed by atoms with Crippen molar-refractivity contribution in [2.75, 3.05) is 13.1 Å². The summed E-state index contributed by atoms with van der Waals surface area (Å²) in [7, 11) is 0. The molecule has 6 heteroatoms. The van der Waals surface area contributed by atoms with E-state index >= 15 is 0 Å². The van der Waals surface area contributed by atoms with Crippen molar-refractivity contribution < 1.29 is 19.5 Å². The molecule has 6 nitrogen and oxygen atoms in total. The number of carbonyl (C=O) groups is 3. The van der Waals surface area contributed by atoms with Crippen molar-refractivity contribution in [3.05, 3.63) is 0 Å². The molecule has 0 spiro atoms. The van der Waals surface area contributed by atoms with E-state index in [1.165, 1.54) is 0 Å². The topological polar surface area (TPSA) is 86.7 Å². The molecule has 0 radical (unpaired) electrons. The third kappa shape index (κ3) is 4.72. The van der Waals surface area contributed by atoms with Crippen LogP contribution in [0.1, 0.15) is 41.0 Å². The predicted octanol–water partition coefficient (Wildman–Crippen LogP) is 1.11. The average Bonchev–Trinajstić information content (AvgIpc) is 2.64. The maximum Gasteiger partial charge on any atom is 0.326 e. The largest absolute Gasteiger partial charge is 0.480 e. The van der Waals surface area contributed by atoms with Gasteiger partial charge in [-0.15, -0.1) is 0 Å². The van der Waals surface area contributed by atoms with Crippen molar-refractivity contribution in [1.29, 1.82) is 0 Å². The van der Waals surface area contributed by atoms with Gasteiger partial charge in [0.15, 0.2) is 0 Å². The second kappa shape index (κ2) is 6.45. The van der Waals surface area contributed by atoms with Gasteiger partial charge < -0.3 is 15.3 Å². The van der Waals surface area contributed by atoms with Crippen molar-refractivity contribution in [3.63, 3.8) is 0 Å². The Kier molecular flexibility index (Phi) is 5.36. The van der Waals surface area contributed by atoms with Crippen LogP contribution in [0.3, 0.4) is 0 Å². The molecule has 2 N–H and O–H groups in total. The minimum absolute atomic E-state index is 0.0357. The average molecular weight is 298 g/mol. The van der Waals surface area contributed by atoms with Gasteiger partial charge in [-0.2, -0.15) is 0 Å². The van der Waals surface area contributed by atoms with Crippen LogP contribution in [0.5, 0.6) is 0 Å². The first kappa shape index (κ1) is 17.5. The van der Waals surface area contributed by atoms with Crippen molar-refractivity contribution in [1.82, 2.24) is 10.2 Å². The van der Waals surface area contributed by atoms with Gasteiger partial charge in [-0.1, -0.05) is 34.6 Å². The van der Waals surface area contributed by atoms with Gasteiger partial charge in [0.2, 0.25) is 11.8 Å². The van der Waals surface area contributed by atoms with Crippen molar-refractivity contribution in [3.8, 4) is 0 Å². The van der Waals surface area contributed by atoms with Crippen LogP contribution >= 0.6 is 0 Å². The molecule has 1 unspecified atom stereocenters. The molecule has 0 aliphatic carbocycles. The molecule has 1 aliphatic heterocycles. The number of amides is 2. The predicted molar refractivity (Wildman–Crippen MR) is 78.5 cm³/mol. The molecular weight excluding hydrogens is 272 g/mol. The molecule has 2 amide bonds. The van der Waals surface area contributed by atoms with Crippen molar-refractivity contribution >= 4 is 17.8 Å². The molecule has 1 fully saturated rings. The van der Waals surface area contributed by atoms with E-state index in [0.717, 1.165) is 0 Å². The van der Waals surface area contributed by atoms with Crippen molar-refractivity contribution in [2.45, 2.75) is 47.1 Å². The molecule has 0 aromatic carbocycles. The van der Waals surface area contributed by atoms with Crippen LogP contribution in [0.4, 0.5) is 0 Å². The van der Waals surface area contributed by atoms with E-state index in [0.29, 0.717) is 19.0 Å². The van der Waals surface area contributed by atoms with Crippen LogP contribution in [0.15, 0.2) is 0 Å². The van der Waals surface area contributed by atoms with E-state index in [9.17, 15) is 19.5 Å². The SMILES string of the molecule is CC(C)CN1CC(C(=O)N[C@@H](C(=O)O)C(C)(C)C)CC1=O. The fraction of sp³-hybridized carbons (Fsp3) is 0.800. The summed E-state index contributed by atoms with van der Waals surface area (Å²) in [6.07, 6.45) is 0.162. The van der Waals surface area contributed by atoms with Crippen LogP contribution in [-0.2, 0) is 14.4 Å². The van der Waals surface area contributed by atoms with Crippen molar-refractivity contribution in [2.24, 2.45) is 17.3 Å². The fourth-order valence-electron chi connectivity index (χ4n) is 2.47. The molecule has 0 aromatic rings. The van der Waals surface area contributed by atoms with Crippen LogP contribution in [0.2, 0.25) is 0 Å². The van der Waals surface area contributed by atoms with E-state index in [1.807, 2.05) is 13.8 Å². The van der Waals surface area contributed by atoms with E-state index in [1.54, 1.807) is 25.7 Å². The van der Waals surface area contributed by atoms with E-state index < -0.39 is 23.3 Å². The maximum absolute atomic E-state index is 12.2. The summed E-state index contributed by atoms with van der Waals surface area (Å²) in [5.41, 5.74) is -0.582. The summed E-state index contributed by atoms with van der Waals surface area (Å²) in [4.78, 5) is 37.1. The third-order valence-electron chi connectivity index (χ3n) is 3.57. The molecule has 120 valence electrons. The van der Waals surface area contributed by atoms with Gasteiger partial charge in [-0.3, -0.25) is 9.59 Å². The molecule has 1 heterocycles. The monoisotopic (exact) mass is 298 g/mol. The van der Waals surface area contributed by atoms with Crippen LogP contribution in [0, 0.1) is 17.3 Å². The van der Waals surface area contributed by atoms with Gasteiger partial charge in [-0.05, 0) is 11.3 Å². The zero-order valence-electron chi connectivity index (χ0n) is 13.5. The molecule has 21 heavy (non-hydrogen) atoms. The molecule has 1 aliphatic rings. The Balaban J connectivity index is 2.68. The second-order valence-electron chi connectivity index (χ2n) is 7.24. The lowest BCUT2D eigenvalue weighted by Crippen LogP contribution is -2.51. The van der Waals surface area contributed by atoms with Gasteiger partial charge in [0.05, 0.1) is 5.92 Å². The summed E-state index contributed by atoms with van der Waals surface area (Å²) < 4.78 is 0. The molecule has 1 saturated heterocycles. The maximum atomic E-state index is 12.2. The van der Waals surface area contributed by atoms with E-state index in [4.69, 9.17) is 0 Å². The summed E-state index contributed by atoms with van der Waals surface area (Å²) in [6.45, 7) is 10.3. The number of nitrogens with zero attached hydrogens (tertiary/aromatic N) is 1. The summed E-state index contributed by atoms with van der Waals surface area (Å²) in [5.74, 6) is -1.56. The number of likely N-dealkylation sites (tertiary alicyclic amines) is 1. The smallest absolute Gasteiger partial charge is 0.326 e. The first-order valence-electron chi connectivity index (χ1n) is 7.33. The van der Waals surface area contributed by atoms with Gasteiger partial charge in [0.1, 0.15) is 6.04 Å². The number of carboxylic acids is 1. The van der Waals surface area contributed by atoms with E-state index in [2.05, 4.69) is 5.32 Å². The highest BCUT2D eigenvalue weighted by molar-refractivity contribution is 5.91. The molecule has 2 atom stereocenters.